The molecule has 2 atom stereocenters. The van der Waals surface area contributed by atoms with Gasteiger partial charge in [-0.15, -0.1) is 12.6 Å². The van der Waals surface area contributed by atoms with E-state index in [1.807, 2.05) is 6.07 Å². The lowest BCUT2D eigenvalue weighted by Crippen LogP contribution is -2.29. The summed E-state index contributed by atoms with van der Waals surface area (Å²) >= 11 is 4.91. The highest BCUT2D eigenvalue weighted by molar-refractivity contribution is 8.00. The molecule has 1 aliphatic rings. The fourth-order valence-electron chi connectivity index (χ4n) is 2.75. The number of benzene rings is 1. The Hall–Kier alpha value is -2.32. The Labute approximate surface area is 152 Å². The van der Waals surface area contributed by atoms with E-state index in [9.17, 15) is 30.3 Å². The molecule has 132 valence electrons. The van der Waals surface area contributed by atoms with Gasteiger partial charge in [0.05, 0.1) is 17.5 Å². The predicted octanol–water partition coefficient (Wildman–Crippen LogP) is 2.01. The molecule has 2 N–H and O–H groups in total. The number of thiol groups is 1. The summed E-state index contributed by atoms with van der Waals surface area (Å²) in [5.41, 5.74) is 6.18. The minimum atomic E-state index is -1.35. The number of primary amides is 1. The highest BCUT2D eigenvalue weighted by Gasteiger charge is 2.36. The zero-order chi connectivity index (χ0) is 18.7. The first kappa shape index (κ1) is 19.0. The molecule has 11 heteroatoms. The summed E-state index contributed by atoms with van der Waals surface area (Å²) in [4.78, 5) is 33.6. The van der Waals surface area contributed by atoms with Crippen LogP contribution < -0.4 is 5.73 Å². The lowest BCUT2D eigenvalue weighted by Gasteiger charge is -2.20. The van der Waals surface area contributed by atoms with Crippen molar-refractivity contribution in [1.82, 2.24) is 0 Å². The van der Waals surface area contributed by atoms with E-state index in [0.717, 1.165) is 0 Å². The maximum Gasteiger partial charge on any atom is 0.269 e. The van der Waals surface area contributed by atoms with E-state index < -0.39 is 27.2 Å². The van der Waals surface area contributed by atoms with E-state index in [2.05, 4.69) is 12.6 Å². The molecule has 2 rings (SSSR count). The monoisotopic (exact) mass is 382 g/mol. The number of hydrogen-bond acceptors (Lipinski definition) is 8. The first-order valence-corrected chi connectivity index (χ1v) is 8.61. The van der Waals surface area contributed by atoms with E-state index in [-0.39, 0.29) is 33.8 Å². The number of nitrogens with two attached hydrogens (primary N) is 1. The third-order valence-electron chi connectivity index (χ3n) is 3.95. The van der Waals surface area contributed by atoms with Crippen LogP contribution in [0.15, 0.2) is 15.9 Å². The summed E-state index contributed by atoms with van der Waals surface area (Å²) in [6.07, 6.45) is 0.497. The topological polar surface area (TPSA) is 153 Å². The summed E-state index contributed by atoms with van der Waals surface area (Å²) in [5.74, 6) is -0.772. The number of fused-ring (bicyclic) bond motifs is 2. The second kappa shape index (κ2) is 7.71. The fourth-order valence-corrected chi connectivity index (χ4v) is 4.38. The van der Waals surface area contributed by atoms with Gasteiger partial charge in [0.25, 0.3) is 5.37 Å². The Balaban J connectivity index is 2.65. The maximum absolute atomic E-state index is 11.9. The number of thioether (sulfide) groups is 1. The standard InChI is InChI=1S/C14H14N4O5S2/c15-6-8-4-7-2-1-3-9(17(20)21)5-10(18(22)23)25-13(12(8)24)11(7)14(16)19/h4,9-10,24H,1-3,5H2,(H2,16,19). The van der Waals surface area contributed by atoms with E-state index in [0.29, 0.717) is 30.2 Å². The summed E-state index contributed by atoms with van der Waals surface area (Å²) in [6.45, 7) is 0. The van der Waals surface area contributed by atoms with Crippen LogP contribution in [0.1, 0.15) is 40.7 Å². The molecule has 0 radical (unpaired) electrons. The number of aryl methyl sites for hydroxylation is 1. The van der Waals surface area contributed by atoms with Gasteiger partial charge in [0.2, 0.25) is 11.9 Å². The van der Waals surface area contributed by atoms with E-state index in [1.54, 1.807) is 0 Å². The van der Waals surface area contributed by atoms with Gasteiger partial charge in [-0.1, -0.05) is 0 Å². The van der Waals surface area contributed by atoms with E-state index >= 15 is 0 Å². The first-order valence-electron chi connectivity index (χ1n) is 7.28. The Bertz CT molecular complexity index is 792. The number of nitriles is 1. The Kier molecular flexibility index (Phi) is 5.86. The van der Waals surface area contributed by atoms with Crippen molar-refractivity contribution >= 4 is 30.3 Å². The Morgan fingerprint density at radius 2 is 2.08 bits per heavy atom. The number of rotatable bonds is 3. The van der Waals surface area contributed by atoms with Crippen LogP contribution in [0.25, 0.3) is 0 Å². The molecule has 9 nitrogen and oxygen atoms in total. The van der Waals surface area contributed by atoms with Crippen molar-refractivity contribution < 1.29 is 14.6 Å². The van der Waals surface area contributed by atoms with Crippen molar-refractivity contribution in [3.63, 3.8) is 0 Å². The molecule has 1 heterocycles. The quantitative estimate of drug-likeness (QED) is 0.460. The van der Waals surface area contributed by atoms with Crippen molar-refractivity contribution in [2.45, 2.75) is 46.9 Å². The molecular formula is C14H14N4O5S2. The molecule has 25 heavy (non-hydrogen) atoms. The molecule has 1 aromatic carbocycles. The number of nitrogens with zero attached hydrogens (tertiary/aromatic N) is 3. The Morgan fingerprint density at radius 3 is 2.60 bits per heavy atom. The van der Waals surface area contributed by atoms with Crippen LogP contribution in [0.5, 0.6) is 0 Å². The molecule has 0 fully saturated rings. The Morgan fingerprint density at radius 1 is 1.40 bits per heavy atom. The average Bonchev–Trinajstić information content (AvgIpc) is 2.54. The van der Waals surface area contributed by atoms with Crippen molar-refractivity contribution in [3.8, 4) is 6.07 Å². The third kappa shape index (κ3) is 4.02. The molecule has 0 aliphatic carbocycles. The number of carbonyl (C=O) groups excluding carboxylic acids is 1. The van der Waals surface area contributed by atoms with E-state index in [1.165, 1.54) is 6.07 Å². The summed E-state index contributed by atoms with van der Waals surface area (Å²) in [6, 6.07) is 2.36. The maximum atomic E-state index is 11.9. The zero-order valence-electron chi connectivity index (χ0n) is 12.9. The van der Waals surface area contributed by atoms with Gasteiger partial charge in [-0.2, -0.15) is 5.26 Å². The molecule has 1 amide bonds. The summed E-state index contributed by atoms with van der Waals surface area (Å²) < 4.78 is 0. The van der Waals surface area contributed by atoms with Crippen LogP contribution in [0, 0.1) is 31.6 Å². The van der Waals surface area contributed by atoms with Gasteiger partial charge >= 0.3 is 0 Å². The van der Waals surface area contributed by atoms with Crippen LogP contribution in [0.2, 0.25) is 0 Å². The highest BCUT2D eigenvalue weighted by atomic mass is 32.2. The first-order chi connectivity index (χ1) is 11.8. The minimum absolute atomic E-state index is 0.0976. The molecule has 0 saturated heterocycles. The van der Waals surface area contributed by atoms with Crippen molar-refractivity contribution in [2.24, 2.45) is 5.73 Å². The van der Waals surface area contributed by atoms with Gasteiger partial charge in [-0.25, -0.2) is 0 Å². The molecular weight excluding hydrogens is 368 g/mol. The molecule has 0 spiro atoms. The van der Waals surface area contributed by atoms with Crippen LogP contribution >= 0.6 is 24.4 Å². The lowest BCUT2D eigenvalue weighted by molar-refractivity contribution is -0.547. The van der Waals surface area contributed by atoms with Crippen molar-refractivity contribution in [1.29, 1.82) is 5.26 Å². The second-order valence-corrected chi connectivity index (χ2v) is 7.17. The number of hydrogen-bond donors (Lipinski definition) is 2. The highest BCUT2D eigenvalue weighted by Crippen LogP contribution is 2.39. The fraction of sp³-hybridized carbons (Fsp3) is 0.429. The predicted molar refractivity (Wildman–Crippen MR) is 91.9 cm³/mol. The van der Waals surface area contributed by atoms with Gasteiger partial charge in [-0.05, 0) is 36.2 Å². The smallest absolute Gasteiger partial charge is 0.269 e. The number of amides is 1. The van der Waals surface area contributed by atoms with Crippen LogP contribution in [0.3, 0.4) is 0 Å². The molecule has 1 aromatic rings. The summed E-state index contributed by atoms with van der Waals surface area (Å²) in [5, 5.41) is 30.5. The van der Waals surface area contributed by atoms with Crippen LogP contribution in [0.4, 0.5) is 0 Å². The summed E-state index contributed by atoms with van der Waals surface area (Å²) in [7, 11) is 0. The van der Waals surface area contributed by atoms with Crippen molar-refractivity contribution in [3.05, 3.63) is 43.0 Å². The van der Waals surface area contributed by atoms with Gasteiger partial charge in [0.15, 0.2) is 0 Å². The van der Waals surface area contributed by atoms with Gasteiger partial charge in [0, 0.05) is 26.1 Å². The van der Waals surface area contributed by atoms with Crippen LogP contribution in [-0.4, -0.2) is 27.2 Å². The average molecular weight is 382 g/mol. The lowest BCUT2D eigenvalue weighted by atomic mass is 9.96. The minimum Gasteiger partial charge on any atom is -0.366 e. The van der Waals surface area contributed by atoms with E-state index in [4.69, 9.17) is 5.73 Å². The van der Waals surface area contributed by atoms with Gasteiger partial charge in [-0.3, -0.25) is 25.0 Å². The van der Waals surface area contributed by atoms with Crippen molar-refractivity contribution in [2.75, 3.05) is 0 Å². The van der Waals surface area contributed by atoms with Crippen LogP contribution in [-0.2, 0) is 6.42 Å². The molecule has 1 aliphatic heterocycles. The molecule has 2 unspecified atom stereocenters. The number of carbonyl (C=O) groups is 1. The SMILES string of the molecule is N#Cc1cc2c(C(N)=O)c(c1S)SC([N+](=O)[O-])CC([N+](=O)[O-])CCC2. The largest absolute Gasteiger partial charge is 0.366 e. The third-order valence-corrected chi connectivity index (χ3v) is 5.84. The second-order valence-electron chi connectivity index (χ2n) is 5.54. The molecule has 2 bridgehead atoms. The van der Waals surface area contributed by atoms with Gasteiger partial charge < -0.3 is 5.73 Å². The zero-order valence-corrected chi connectivity index (χ0v) is 14.6. The van der Waals surface area contributed by atoms with Gasteiger partial charge in [0.1, 0.15) is 6.07 Å². The molecule has 0 saturated carbocycles. The molecule has 0 aromatic heterocycles. The number of nitro groups is 2. The normalized spacial score (nSPS) is 20.3.